The van der Waals surface area contributed by atoms with Gasteiger partial charge < -0.3 is 9.32 Å². The Bertz CT molecular complexity index is 498. The van der Waals surface area contributed by atoms with Crippen LogP contribution in [0.25, 0.3) is 0 Å². The highest BCUT2D eigenvalue weighted by Gasteiger charge is 2.38. The summed E-state index contributed by atoms with van der Waals surface area (Å²) in [7, 11) is 0. The summed E-state index contributed by atoms with van der Waals surface area (Å²) in [5, 5.41) is 0. The van der Waals surface area contributed by atoms with Gasteiger partial charge in [-0.25, -0.2) is 0 Å². The Morgan fingerprint density at radius 3 is 2.39 bits per heavy atom. The number of nitrogens with zero attached hydrogens (tertiary/aromatic N) is 3. The summed E-state index contributed by atoms with van der Waals surface area (Å²) < 4.78 is 5.95. The smallest absolute Gasteiger partial charge is 0.118 e. The molecule has 1 aromatic rings. The Balaban J connectivity index is 1.27. The highest BCUT2D eigenvalue weighted by Crippen LogP contribution is 2.31. The van der Waals surface area contributed by atoms with E-state index in [0.29, 0.717) is 0 Å². The Morgan fingerprint density at radius 1 is 1.00 bits per heavy atom. The first-order chi connectivity index (χ1) is 11.3. The van der Waals surface area contributed by atoms with Gasteiger partial charge in [0.1, 0.15) is 11.5 Å². The molecule has 5 rings (SSSR count). The number of rotatable bonds is 5. The zero-order valence-corrected chi connectivity index (χ0v) is 14.5. The van der Waals surface area contributed by atoms with E-state index in [1.54, 1.807) is 0 Å². The van der Waals surface area contributed by atoms with Crippen molar-refractivity contribution in [3.63, 3.8) is 0 Å². The lowest BCUT2D eigenvalue weighted by Crippen LogP contribution is -2.60. The monoisotopic (exact) mass is 317 g/mol. The second-order valence-electron chi connectivity index (χ2n) is 7.64. The predicted octanol–water partition coefficient (Wildman–Crippen LogP) is 2.44. The van der Waals surface area contributed by atoms with Crippen LogP contribution in [-0.2, 0) is 13.0 Å². The minimum Gasteiger partial charge on any atom is -0.465 e. The van der Waals surface area contributed by atoms with Crippen molar-refractivity contribution in [2.75, 3.05) is 45.8 Å². The molecule has 1 aromatic heterocycles. The maximum atomic E-state index is 5.95. The van der Waals surface area contributed by atoms with Crippen molar-refractivity contribution in [2.24, 2.45) is 5.92 Å². The third-order valence-corrected chi connectivity index (χ3v) is 6.09. The number of hydrogen-bond acceptors (Lipinski definition) is 4. The molecule has 4 saturated heterocycles. The minimum atomic E-state index is 0.833. The highest BCUT2D eigenvalue weighted by molar-refractivity contribution is 5.07. The minimum absolute atomic E-state index is 0.833. The third-order valence-electron chi connectivity index (χ3n) is 6.09. The zero-order chi connectivity index (χ0) is 15.6. The predicted molar refractivity (Wildman–Crippen MR) is 92.5 cm³/mol. The first-order valence-corrected chi connectivity index (χ1v) is 9.58. The van der Waals surface area contributed by atoms with E-state index in [2.05, 4.69) is 33.8 Å². The maximum Gasteiger partial charge on any atom is 0.118 e. The van der Waals surface area contributed by atoms with E-state index in [-0.39, 0.29) is 0 Å². The summed E-state index contributed by atoms with van der Waals surface area (Å²) in [5.74, 6) is 3.26. The Kier molecular flexibility index (Phi) is 4.74. The number of fused-ring (bicyclic) bond motifs is 3. The standard InChI is InChI=1S/C19H31N3O/c1-2-3-17-4-5-18(23-17)14-21-10-12-22(13-11-21)19-15-20-8-6-16(19)7-9-20/h4-5,16,19H,2-3,6-15H2,1H3/t19-/m1/s1. The molecular weight excluding hydrogens is 286 g/mol. The summed E-state index contributed by atoms with van der Waals surface area (Å²) >= 11 is 0. The molecule has 0 amide bonds. The number of piperazine rings is 1. The van der Waals surface area contributed by atoms with Gasteiger partial charge in [-0.05, 0) is 50.4 Å². The molecule has 0 saturated carbocycles. The molecule has 0 N–H and O–H groups in total. The molecule has 4 aliphatic heterocycles. The topological polar surface area (TPSA) is 22.9 Å². The molecule has 23 heavy (non-hydrogen) atoms. The van der Waals surface area contributed by atoms with Crippen molar-refractivity contribution in [3.8, 4) is 0 Å². The largest absolute Gasteiger partial charge is 0.465 e. The van der Waals surface area contributed by atoms with Crippen LogP contribution in [0.5, 0.6) is 0 Å². The van der Waals surface area contributed by atoms with Crippen molar-refractivity contribution >= 4 is 0 Å². The van der Waals surface area contributed by atoms with Crippen LogP contribution in [0.15, 0.2) is 16.5 Å². The fourth-order valence-corrected chi connectivity index (χ4v) is 4.71. The van der Waals surface area contributed by atoms with E-state index in [1.807, 2.05) is 0 Å². The van der Waals surface area contributed by atoms with Gasteiger partial charge in [-0.15, -0.1) is 0 Å². The Labute approximate surface area is 140 Å². The fraction of sp³-hybridized carbons (Fsp3) is 0.789. The summed E-state index contributed by atoms with van der Waals surface area (Å²) in [4.78, 5) is 8.01. The van der Waals surface area contributed by atoms with E-state index < -0.39 is 0 Å². The molecule has 0 aromatic carbocycles. The van der Waals surface area contributed by atoms with Gasteiger partial charge in [0.25, 0.3) is 0 Å². The summed E-state index contributed by atoms with van der Waals surface area (Å²) in [6.07, 6.45) is 5.08. The molecule has 5 heterocycles. The molecule has 4 fully saturated rings. The third kappa shape index (κ3) is 3.49. The molecule has 128 valence electrons. The van der Waals surface area contributed by atoms with Crippen LogP contribution in [0.3, 0.4) is 0 Å². The van der Waals surface area contributed by atoms with Gasteiger partial charge in [-0.3, -0.25) is 9.80 Å². The maximum absolute atomic E-state index is 5.95. The van der Waals surface area contributed by atoms with Crippen molar-refractivity contribution in [1.82, 2.24) is 14.7 Å². The SMILES string of the molecule is CCCc1ccc(CN2CCN([C@@H]3CN4CCC3CC4)CC2)o1. The second-order valence-corrected chi connectivity index (χ2v) is 7.64. The van der Waals surface area contributed by atoms with Gasteiger partial charge in [-0.2, -0.15) is 0 Å². The molecule has 1 atom stereocenters. The molecular formula is C19H31N3O. The quantitative estimate of drug-likeness (QED) is 0.832. The van der Waals surface area contributed by atoms with Crippen LogP contribution in [0, 0.1) is 5.92 Å². The lowest BCUT2D eigenvalue weighted by Gasteiger charge is -2.51. The van der Waals surface area contributed by atoms with E-state index in [0.717, 1.165) is 42.9 Å². The van der Waals surface area contributed by atoms with Crippen molar-refractivity contribution in [3.05, 3.63) is 23.7 Å². The molecule has 0 radical (unpaired) electrons. The molecule has 2 bridgehead atoms. The van der Waals surface area contributed by atoms with Gasteiger partial charge in [0, 0.05) is 45.2 Å². The van der Waals surface area contributed by atoms with E-state index in [9.17, 15) is 0 Å². The number of hydrogen-bond donors (Lipinski definition) is 0. The number of aryl methyl sites for hydroxylation is 1. The van der Waals surface area contributed by atoms with Gasteiger partial charge >= 0.3 is 0 Å². The van der Waals surface area contributed by atoms with Gasteiger partial charge in [0.05, 0.1) is 6.54 Å². The highest BCUT2D eigenvalue weighted by atomic mass is 16.3. The second kappa shape index (κ2) is 6.96. The van der Waals surface area contributed by atoms with Crippen molar-refractivity contribution in [2.45, 2.75) is 45.2 Å². The summed E-state index contributed by atoms with van der Waals surface area (Å²) in [6, 6.07) is 5.16. The molecule has 0 aliphatic carbocycles. The van der Waals surface area contributed by atoms with Crippen LogP contribution in [-0.4, -0.2) is 66.6 Å². The molecule has 4 nitrogen and oxygen atoms in total. The van der Waals surface area contributed by atoms with E-state index in [1.165, 1.54) is 58.7 Å². The van der Waals surface area contributed by atoms with Gasteiger partial charge in [-0.1, -0.05) is 6.92 Å². The molecule has 0 spiro atoms. The number of furan rings is 1. The van der Waals surface area contributed by atoms with E-state index in [4.69, 9.17) is 4.42 Å². The molecule has 0 unspecified atom stereocenters. The molecule has 4 heteroatoms. The normalized spacial score (nSPS) is 32.5. The van der Waals surface area contributed by atoms with Gasteiger partial charge in [0.15, 0.2) is 0 Å². The summed E-state index contributed by atoms with van der Waals surface area (Å²) in [6.45, 7) is 12.0. The van der Waals surface area contributed by atoms with Crippen LogP contribution in [0.2, 0.25) is 0 Å². The Hall–Kier alpha value is -0.840. The van der Waals surface area contributed by atoms with Crippen LogP contribution in [0.4, 0.5) is 0 Å². The van der Waals surface area contributed by atoms with Gasteiger partial charge in [0.2, 0.25) is 0 Å². The van der Waals surface area contributed by atoms with Crippen molar-refractivity contribution < 1.29 is 4.42 Å². The lowest BCUT2D eigenvalue weighted by molar-refractivity contribution is -0.0169. The Morgan fingerprint density at radius 2 is 1.74 bits per heavy atom. The first kappa shape index (κ1) is 15.7. The van der Waals surface area contributed by atoms with Crippen LogP contribution in [0.1, 0.15) is 37.7 Å². The zero-order valence-electron chi connectivity index (χ0n) is 14.5. The average Bonchev–Trinajstić information content (AvgIpc) is 3.04. The number of piperidine rings is 3. The average molecular weight is 317 g/mol. The lowest BCUT2D eigenvalue weighted by atomic mass is 9.83. The van der Waals surface area contributed by atoms with Crippen LogP contribution < -0.4 is 0 Å². The fourth-order valence-electron chi connectivity index (χ4n) is 4.71. The first-order valence-electron chi connectivity index (χ1n) is 9.58. The summed E-state index contributed by atoms with van der Waals surface area (Å²) in [5.41, 5.74) is 0. The van der Waals surface area contributed by atoms with E-state index >= 15 is 0 Å². The van der Waals surface area contributed by atoms with Crippen LogP contribution >= 0.6 is 0 Å². The molecule has 4 aliphatic rings. The van der Waals surface area contributed by atoms with Crippen molar-refractivity contribution in [1.29, 1.82) is 0 Å².